The van der Waals surface area contributed by atoms with Crippen LogP contribution in [0.4, 0.5) is 5.69 Å². The molecule has 4 rings (SSSR count). The molecule has 1 aromatic rings. The maximum Gasteiger partial charge on any atom is 0.228 e. The molecule has 3 fully saturated rings. The van der Waals surface area contributed by atoms with E-state index in [1.807, 2.05) is 28.0 Å². The van der Waals surface area contributed by atoms with E-state index in [0.29, 0.717) is 24.3 Å². The number of rotatable bonds is 4. The van der Waals surface area contributed by atoms with Gasteiger partial charge in [-0.25, -0.2) is 0 Å². The van der Waals surface area contributed by atoms with E-state index in [1.54, 1.807) is 0 Å². The molecule has 2 atom stereocenters. The van der Waals surface area contributed by atoms with Crippen molar-refractivity contribution in [1.82, 2.24) is 10.2 Å². The summed E-state index contributed by atoms with van der Waals surface area (Å²) < 4.78 is 0. The number of piperidine rings is 1. The van der Waals surface area contributed by atoms with Crippen molar-refractivity contribution in [3.05, 3.63) is 29.8 Å². The summed E-state index contributed by atoms with van der Waals surface area (Å²) in [7, 11) is 0. The first-order chi connectivity index (χ1) is 13.5. The fraction of sp³-hybridized carbons (Fsp3) is 0.652. The van der Waals surface area contributed by atoms with Crippen LogP contribution in [0.2, 0.25) is 0 Å². The van der Waals surface area contributed by atoms with Gasteiger partial charge in [-0.05, 0) is 55.2 Å². The SMILES string of the molecule is CCC(C)c1ccccc1N1CC(C(=O)N2CCC3(CCNC3)CC2)CC1=O. The Labute approximate surface area is 168 Å². The van der Waals surface area contributed by atoms with Gasteiger partial charge in [-0.3, -0.25) is 9.59 Å². The van der Waals surface area contributed by atoms with Crippen molar-refractivity contribution in [2.45, 2.75) is 51.9 Å². The van der Waals surface area contributed by atoms with Crippen LogP contribution in [-0.2, 0) is 9.59 Å². The Bertz CT molecular complexity index is 731. The molecular formula is C23H33N3O2. The Morgan fingerprint density at radius 3 is 2.68 bits per heavy atom. The molecule has 2 unspecified atom stereocenters. The monoisotopic (exact) mass is 383 g/mol. The zero-order valence-corrected chi connectivity index (χ0v) is 17.2. The number of carbonyl (C=O) groups is 2. The molecule has 0 saturated carbocycles. The van der Waals surface area contributed by atoms with Gasteiger partial charge in [0.05, 0.1) is 5.92 Å². The highest BCUT2D eigenvalue weighted by Gasteiger charge is 2.42. The molecule has 2 amide bonds. The van der Waals surface area contributed by atoms with Gasteiger partial charge >= 0.3 is 0 Å². The Balaban J connectivity index is 1.43. The van der Waals surface area contributed by atoms with E-state index in [0.717, 1.165) is 51.1 Å². The second-order valence-electron chi connectivity index (χ2n) is 9.03. The largest absolute Gasteiger partial charge is 0.342 e. The molecule has 5 nitrogen and oxygen atoms in total. The quantitative estimate of drug-likeness (QED) is 0.869. The molecule has 1 spiro atoms. The fourth-order valence-corrected chi connectivity index (χ4v) is 5.16. The van der Waals surface area contributed by atoms with Gasteiger partial charge < -0.3 is 15.1 Å². The van der Waals surface area contributed by atoms with Crippen molar-refractivity contribution in [2.75, 3.05) is 37.6 Å². The number of anilines is 1. The number of benzene rings is 1. The summed E-state index contributed by atoms with van der Waals surface area (Å²) in [4.78, 5) is 29.8. The molecule has 3 aliphatic heterocycles. The second kappa shape index (κ2) is 7.86. The summed E-state index contributed by atoms with van der Waals surface area (Å²) in [5.41, 5.74) is 2.61. The maximum absolute atomic E-state index is 13.1. The van der Waals surface area contributed by atoms with Crippen LogP contribution in [0.3, 0.4) is 0 Å². The van der Waals surface area contributed by atoms with Crippen molar-refractivity contribution < 1.29 is 9.59 Å². The number of carbonyl (C=O) groups excluding carboxylic acids is 2. The van der Waals surface area contributed by atoms with Crippen molar-refractivity contribution in [3.8, 4) is 0 Å². The lowest BCUT2D eigenvalue weighted by molar-refractivity contribution is -0.137. The van der Waals surface area contributed by atoms with Gasteiger partial charge in [-0.1, -0.05) is 32.0 Å². The van der Waals surface area contributed by atoms with Crippen LogP contribution < -0.4 is 10.2 Å². The van der Waals surface area contributed by atoms with Crippen LogP contribution in [0.1, 0.15) is 57.4 Å². The van der Waals surface area contributed by atoms with Crippen molar-refractivity contribution in [1.29, 1.82) is 0 Å². The third-order valence-corrected chi connectivity index (χ3v) is 7.31. The van der Waals surface area contributed by atoms with Crippen LogP contribution in [0, 0.1) is 11.3 Å². The fourth-order valence-electron chi connectivity index (χ4n) is 5.16. The molecule has 0 bridgehead atoms. The summed E-state index contributed by atoms with van der Waals surface area (Å²) in [5, 5.41) is 3.48. The topological polar surface area (TPSA) is 52.7 Å². The first-order valence-corrected chi connectivity index (χ1v) is 10.9. The summed E-state index contributed by atoms with van der Waals surface area (Å²) in [6.07, 6.45) is 4.79. The Hall–Kier alpha value is -1.88. The van der Waals surface area contributed by atoms with Gasteiger partial charge in [0.2, 0.25) is 11.8 Å². The predicted octanol–water partition coefficient (Wildman–Crippen LogP) is 3.16. The van der Waals surface area contributed by atoms with E-state index in [4.69, 9.17) is 0 Å². The lowest BCUT2D eigenvalue weighted by atomic mass is 9.77. The zero-order valence-electron chi connectivity index (χ0n) is 17.2. The molecule has 0 aromatic heterocycles. The zero-order chi connectivity index (χ0) is 19.7. The van der Waals surface area contributed by atoms with E-state index < -0.39 is 0 Å². The first-order valence-electron chi connectivity index (χ1n) is 10.9. The van der Waals surface area contributed by atoms with E-state index >= 15 is 0 Å². The molecule has 1 N–H and O–H groups in total. The highest BCUT2D eigenvalue weighted by atomic mass is 16.2. The van der Waals surface area contributed by atoms with Gasteiger partial charge in [0, 0.05) is 38.3 Å². The molecule has 3 saturated heterocycles. The molecule has 0 aliphatic carbocycles. The standard InChI is InChI=1S/C23H33N3O2/c1-3-17(2)19-6-4-5-7-20(19)26-15-18(14-21(26)27)22(28)25-12-9-23(10-13-25)8-11-24-16-23/h4-7,17-18,24H,3,8-16H2,1-2H3. The van der Waals surface area contributed by atoms with Crippen LogP contribution in [0.5, 0.6) is 0 Å². The smallest absolute Gasteiger partial charge is 0.228 e. The van der Waals surface area contributed by atoms with Gasteiger partial charge in [0.1, 0.15) is 0 Å². The number of nitrogens with zero attached hydrogens (tertiary/aromatic N) is 2. The number of hydrogen-bond acceptors (Lipinski definition) is 3. The number of hydrogen-bond donors (Lipinski definition) is 1. The Morgan fingerprint density at radius 1 is 1.25 bits per heavy atom. The average molecular weight is 384 g/mol. The normalized spacial score (nSPS) is 25.5. The number of likely N-dealkylation sites (tertiary alicyclic amines) is 1. The summed E-state index contributed by atoms with van der Waals surface area (Å²) in [6, 6.07) is 8.18. The lowest BCUT2D eigenvalue weighted by Gasteiger charge is -2.39. The molecule has 28 heavy (non-hydrogen) atoms. The summed E-state index contributed by atoms with van der Waals surface area (Å²) >= 11 is 0. The summed E-state index contributed by atoms with van der Waals surface area (Å²) in [5.74, 6) is 0.463. The predicted molar refractivity (Wildman–Crippen MR) is 111 cm³/mol. The molecule has 3 heterocycles. The molecule has 0 radical (unpaired) electrons. The third kappa shape index (κ3) is 3.57. The summed E-state index contributed by atoms with van der Waals surface area (Å²) in [6.45, 7) is 8.77. The van der Waals surface area contributed by atoms with Gasteiger partial charge in [-0.2, -0.15) is 0 Å². The van der Waals surface area contributed by atoms with Crippen LogP contribution in [-0.4, -0.2) is 49.4 Å². The molecule has 1 aromatic carbocycles. The molecule has 3 aliphatic rings. The number of nitrogens with one attached hydrogen (secondary N) is 1. The van der Waals surface area contributed by atoms with Crippen LogP contribution in [0.25, 0.3) is 0 Å². The maximum atomic E-state index is 13.1. The van der Waals surface area contributed by atoms with E-state index in [-0.39, 0.29) is 17.7 Å². The van der Waals surface area contributed by atoms with Crippen LogP contribution in [0.15, 0.2) is 24.3 Å². The highest BCUT2D eigenvalue weighted by molar-refractivity contribution is 6.01. The average Bonchev–Trinajstić information content (AvgIpc) is 3.34. The van der Waals surface area contributed by atoms with E-state index in [1.165, 1.54) is 12.0 Å². The van der Waals surface area contributed by atoms with Crippen LogP contribution >= 0.6 is 0 Å². The second-order valence-corrected chi connectivity index (χ2v) is 9.03. The minimum atomic E-state index is -0.201. The first kappa shape index (κ1) is 19.4. The van der Waals surface area contributed by atoms with E-state index in [2.05, 4.69) is 25.2 Å². The molecular weight excluding hydrogens is 350 g/mol. The van der Waals surface area contributed by atoms with Gasteiger partial charge in [0.15, 0.2) is 0 Å². The van der Waals surface area contributed by atoms with Crippen molar-refractivity contribution in [3.63, 3.8) is 0 Å². The minimum absolute atomic E-state index is 0.0857. The lowest BCUT2D eigenvalue weighted by Crippen LogP contribution is -2.46. The molecule has 152 valence electrons. The Kier molecular flexibility index (Phi) is 5.46. The number of amides is 2. The number of para-hydroxylation sites is 1. The van der Waals surface area contributed by atoms with Crippen molar-refractivity contribution >= 4 is 17.5 Å². The Morgan fingerprint density at radius 2 is 2.00 bits per heavy atom. The third-order valence-electron chi connectivity index (χ3n) is 7.31. The van der Waals surface area contributed by atoms with Crippen molar-refractivity contribution in [2.24, 2.45) is 11.3 Å². The molecule has 5 heteroatoms. The van der Waals surface area contributed by atoms with E-state index in [9.17, 15) is 9.59 Å². The van der Waals surface area contributed by atoms with Gasteiger partial charge in [-0.15, -0.1) is 0 Å². The van der Waals surface area contributed by atoms with Gasteiger partial charge in [0.25, 0.3) is 0 Å². The highest BCUT2D eigenvalue weighted by Crippen LogP contribution is 2.38. The minimum Gasteiger partial charge on any atom is -0.342 e.